The van der Waals surface area contributed by atoms with E-state index in [-0.39, 0.29) is 0 Å². The zero-order valence-corrected chi connectivity index (χ0v) is 9.51. The molecule has 0 unspecified atom stereocenters. The molecule has 0 saturated heterocycles. The third kappa shape index (κ3) is 1.68. The fourth-order valence-corrected chi connectivity index (χ4v) is 1.86. The molecule has 0 radical (unpaired) electrons. The summed E-state index contributed by atoms with van der Waals surface area (Å²) < 4.78 is 15.9. The van der Waals surface area contributed by atoms with Crippen LogP contribution in [-0.2, 0) is 0 Å². The summed E-state index contributed by atoms with van der Waals surface area (Å²) in [5, 5.41) is 1.67. The number of hydrogen-bond donors (Lipinski definition) is 0. The van der Waals surface area contributed by atoms with Crippen LogP contribution >= 0.6 is 0 Å². The highest BCUT2D eigenvalue weighted by atomic mass is 16.5. The Morgan fingerprint density at radius 3 is 3.00 bits per heavy atom. The third-order valence-corrected chi connectivity index (χ3v) is 2.64. The van der Waals surface area contributed by atoms with Gasteiger partial charge in [-0.15, -0.1) is 0 Å². The predicted octanol–water partition coefficient (Wildman–Crippen LogP) is 3.10. The van der Waals surface area contributed by atoms with E-state index in [0.29, 0.717) is 23.5 Å². The van der Waals surface area contributed by atoms with Crippen molar-refractivity contribution in [3.8, 4) is 5.75 Å². The minimum atomic E-state index is -0.451. The van der Waals surface area contributed by atoms with Gasteiger partial charge in [0.05, 0.1) is 17.7 Å². The van der Waals surface area contributed by atoms with Crippen molar-refractivity contribution in [3.63, 3.8) is 0 Å². The van der Waals surface area contributed by atoms with Crippen LogP contribution in [0.3, 0.4) is 0 Å². The molecule has 3 rings (SSSR count). The SMILES string of the molecule is C=CCOc1cc(=O)oc2cc3occc3cc12. The van der Waals surface area contributed by atoms with E-state index in [2.05, 4.69) is 6.58 Å². The predicted molar refractivity (Wildman–Crippen MR) is 67.9 cm³/mol. The van der Waals surface area contributed by atoms with Crippen molar-refractivity contribution in [3.05, 3.63) is 53.6 Å². The van der Waals surface area contributed by atoms with Crippen molar-refractivity contribution in [2.45, 2.75) is 0 Å². The minimum Gasteiger partial charge on any atom is -0.489 e. The van der Waals surface area contributed by atoms with Crippen molar-refractivity contribution in [2.75, 3.05) is 6.61 Å². The van der Waals surface area contributed by atoms with Crippen LogP contribution in [0.25, 0.3) is 21.9 Å². The topological polar surface area (TPSA) is 52.6 Å². The second-order valence-corrected chi connectivity index (χ2v) is 3.84. The van der Waals surface area contributed by atoms with Crippen molar-refractivity contribution in [2.24, 2.45) is 0 Å². The van der Waals surface area contributed by atoms with Crippen LogP contribution in [-0.4, -0.2) is 6.61 Å². The lowest BCUT2D eigenvalue weighted by molar-refractivity contribution is 0.363. The van der Waals surface area contributed by atoms with Gasteiger partial charge in [-0.1, -0.05) is 12.7 Å². The maximum absolute atomic E-state index is 11.4. The fraction of sp³-hybridized carbons (Fsp3) is 0.0714. The molecule has 0 aliphatic heterocycles. The van der Waals surface area contributed by atoms with E-state index in [1.54, 1.807) is 18.4 Å². The Bertz CT molecular complexity index is 779. The van der Waals surface area contributed by atoms with Crippen LogP contribution in [0.4, 0.5) is 0 Å². The zero-order valence-electron chi connectivity index (χ0n) is 9.51. The first-order valence-electron chi connectivity index (χ1n) is 5.47. The number of ether oxygens (including phenoxy) is 1. The maximum atomic E-state index is 11.4. The summed E-state index contributed by atoms with van der Waals surface area (Å²) >= 11 is 0. The Morgan fingerprint density at radius 1 is 1.28 bits per heavy atom. The summed E-state index contributed by atoms with van der Waals surface area (Å²) in [5.41, 5.74) is 0.669. The third-order valence-electron chi connectivity index (χ3n) is 2.64. The summed E-state index contributed by atoms with van der Waals surface area (Å²) in [6, 6.07) is 6.73. The normalized spacial score (nSPS) is 10.9. The molecule has 2 aromatic heterocycles. The number of fused-ring (bicyclic) bond motifs is 2. The Labute approximate surface area is 102 Å². The average molecular weight is 242 g/mol. The van der Waals surface area contributed by atoms with E-state index in [1.807, 2.05) is 12.1 Å². The molecule has 0 amide bonds. The molecule has 0 atom stereocenters. The smallest absolute Gasteiger partial charge is 0.339 e. The Balaban J connectivity index is 2.31. The quantitative estimate of drug-likeness (QED) is 0.523. The van der Waals surface area contributed by atoms with Crippen molar-refractivity contribution in [1.29, 1.82) is 0 Å². The van der Waals surface area contributed by atoms with Gasteiger partial charge in [-0.25, -0.2) is 4.79 Å². The minimum absolute atomic E-state index is 0.335. The second kappa shape index (κ2) is 4.07. The van der Waals surface area contributed by atoms with Crippen molar-refractivity contribution < 1.29 is 13.6 Å². The monoisotopic (exact) mass is 242 g/mol. The standard InChI is InChI=1S/C14H10O4/c1-2-4-16-12-8-14(15)18-13-7-11-9(3-5-17-11)6-10(12)13/h2-3,5-8H,1,4H2. The molecule has 1 aromatic carbocycles. The van der Waals surface area contributed by atoms with Crippen LogP contribution in [0.15, 0.2) is 56.8 Å². The maximum Gasteiger partial charge on any atom is 0.339 e. The number of furan rings is 1. The molecule has 0 aliphatic rings. The van der Waals surface area contributed by atoms with Crippen LogP contribution < -0.4 is 10.4 Å². The molecule has 18 heavy (non-hydrogen) atoms. The molecular weight excluding hydrogens is 232 g/mol. The molecule has 0 fully saturated rings. The highest BCUT2D eigenvalue weighted by molar-refractivity contribution is 5.95. The summed E-state index contributed by atoms with van der Waals surface area (Å²) in [5.74, 6) is 0.490. The molecule has 0 bridgehead atoms. The van der Waals surface area contributed by atoms with Gasteiger partial charge in [0.25, 0.3) is 0 Å². The lowest BCUT2D eigenvalue weighted by atomic mass is 10.1. The van der Waals surface area contributed by atoms with Gasteiger partial charge in [0.2, 0.25) is 0 Å². The van der Waals surface area contributed by atoms with Gasteiger partial charge in [0.15, 0.2) is 0 Å². The molecule has 4 nitrogen and oxygen atoms in total. The molecule has 0 saturated carbocycles. The first kappa shape index (κ1) is 10.7. The fourth-order valence-electron chi connectivity index (χ4n) is 1.86. The van der Waals surface area contributed by atoms with Gasteiger partial charge in [0, 0.05) is 11.5 Å². The molecule has 4 heteroatoms. The molecule has 2 heterocycles. The molecule has 0 aliphatic carbocycles. The van der Waals surface area contributed by atoms with Gasteiger partial charge in [-0.2, -0.15) is 0 Å². The molecule has 3 aromatic rings. The van der Waals surface area contributed by atoms with E-state index in [9.17, 15) is 4.79 Å². The first-order valence-corrected chi connectivity index (χ1v) is 5.47. The lowest BCUT2D eigenvalue weighted by Gasteiger charge is -2.05. The number of benzene rings is 1. The van der Waals surface area contributed by atoms with Crippen LogP contribution in [0.1, 0.15) is 0 Å². The molecule has 0 N–H and O–H groups in total. The van der Waals surface area contributed by atoms with Crippen molar-refractivity contribution >= 4 is 21.9 Å². The van der Waals surface area contributed by atoms with E-state index < -0.39 is 5.63 Å². The first-order chi connectivity index (χ1) is 8.78. The highest BCUT2D eigenvalue weighted by Crippen LogP contribution is 2.29. The van der Waals surface area contributed by atoms with Gasteiger partial charge in [0.1, 0.15) is 23.5 Å². The van der Waals surface area contributed by atoms with Crippen LogP contribution in [0.2, 0.25) is 0 Å². The summed E-state index contributed by atoms with van der Waals surface area (Å²) in [4.78, 5) is 11.4. The van der Waals surface area contributed by atoms with Gasteiger partial charge < -0.3 is 13.6 Å². The number of hydrogen-bond acceptors (Lipinski definition) is 4. The van der Waals surface area contributed by atoms with Crippen LogP contribution in [0, 0.1) is 0 Å². The Kier molecular flexibility index (Phi) is 2.41. The Hall–Kier alpha value is -2.49. The summed E-state index contributed by atoms with van der Waals surface area (Å²) in [7, 11) is 0. The summed E-state index contributed by atoms with van der Waals surface area (Å²) in [6.07, 6.45) is 3.21. The van der Waals surface area contributed by atoms with Gasteiger partial charge in [-0.3, -0.25) is 0 Å². The van der Waals surface area contributed by atoms with Gasteiger partial charge in [-0.05, 0) is 12.1 Å². The highest BCUT2D eigenvalue weighted by Gasteiger charge is 2.09. The lowest BCUT2D eigenvalue weighted by Crippen LogP contribution is -2.01. The van der Waals surface area contributed by atoms with Crippen LogP contribution in [0.5, 0.6) is 5.75 Å². The second-order valence-electron chi connectivity index (χ2n) is 3.84. The molecular formula is C14H10O4. The van der Waals surface area contributed by atoms with E-state index in [4.69, 9.17) is 13.6 Å². The summed E-state index contributed by atoms with van der Waals surface area (Å²) in [6.45, 7) is 3.91. The average Bonchev–Trinajstić information content (AvgIpc) is 2.80. The van der Waals surface area contributed by atoms with Gasteiger partial charge >= 0.3 is 5.63 Å². The van der Waals surface area contributed by atoms with Crippen molar-refractivity contribution in [1.82, 2.24) is 0 Å². The molecule has 0 spiro atoms. The molecule has 90 valence electrons. The Morgan fingerprint density at radius 2 is 2.17 bits per heavy atom. The number of rotatable bonds is 3. The zero-order chi connectivity index (χ0) is 12.5. The van der Waals surface area contributed by atoms with E-state index in [0.717, 1.165) is 10.8 Å². The van der Waals surface area contributed by atoms with E-state index in [1.165, 1.54) is 6.07 Å². The largest absolute Gasteiger partial charge is 0.489 e. The van der Waals surface area contributed by atoms with E-state index >= 15 is 0 Å².